The van der Waals surface area contributed by atoms with E-state index >= 15 is 0 Å². The Morgan fingerprint density at radius 3 is 2.50 bits per heavy atom. The fourth-order valence-electron chi connectivity index (χ4n) is 2.25. The van der Waals surface area contributed by atoms with Gasteiger partial charge in [0, 0.05) is 21.2 Å². The molecule has 2 heterocycles. The number of benzene rings is 1. The Balaban J connectivity index is 1.61. The van der Waals surface area contributed by atoms with Crippen LogP contribution in [0.4, 0.5) is 0 Å². The maximum atomic E-state index is 12.1. The van der Waals surface area contributed by atoms with Gasteiger partial charge in [0.25, 0.3) is 0 Å². The Morgan fingerprint density at radius 1 is 1.00 bits per heavy atom. The van der Waals surface area contributed by atoms with Crippen molar-refractivity contribution in [2.45, 2.75) is 18.4 Å². The zero-order valence-corrected chi connectivity index (χ0v) is 15.2. The fraction of sp³-hybridized carbons (Fsp3) is 0.176. The average Bonchev–Trinajstić information content (AvgIpc) is 3.25. The van der Waals surface area contributed by atoms with Crippen molar-refractivity contribution in [3.05, 3.63) is 80.2 Å². The fourth-order valence-corrected chi connectivity index (χ4v) is 5.21. The molecule has 0 radical (unpaired) electrons. The lowest BCUT2D eigenvalue weighted by molar-refractivity contribution is 0.228. The van der Waals surface area contributed by atoms with Crippen LogP contribution in [-0.4, -0.2) is 13.5 Å². The number of rotatable bonds is 7. The van der Waals surface area contributed by atoms with Gasteiger partial charge >= 0.3 is 0 Å². The SMILES string of the molecule is O=S(=O)(Cc1ccccc1)NCc1ccc(C(O)c2cccs2)s1. The minimum absolute atomic E-state index is 0.0378. The summed E-state index contributed by atoms with van der Waals surface area (Å²) in [5.41, 5.74) is 0.755. The normalized spacial score (nSPS) is 13.0. The quantitative estimate of drug-likeness (QED) is 0.660. The van der Waals surface area contributed by atoms with Crippen molar-refractivity contribution >= 4 is 32.7 Å². The Bertz CT molecular complexity index is 871. The van der Waals surface area contributed by atoms with E-state index in [1.54, 1.807) is 12.1 Å². The van der Waals surface area contributed by atoms with Crippen molar-refractivity contribution < 1.29 is 13.5 Å². The van der Waals surface area contributed by atoms with E-state index < -0.39 is 16.1 Å². The first kappa shape index (κ1) is 17.3. The molecule has 0 aliphatic rings. The molecule has 1 unspecified atom stereocenters. The summed E-state index contributed by atoms with van der Waals surface area (Å²) < 4.78 is 26.9. The van der Waals surface area contributed by atoms with Crippen molar-refractivity contribution in [2.75, 3.05) is 0 Å². The van der Waals surface area contributed by atoms with Crippen molar-refractivity contribution in [3.63, 3.8) is 0 Å². The van der Waals surface area contributed by atoms with Crippen LogP contribution in [0.2, 0.25) is 0 Å². The molecular formula is C17H17NO3S3. The first-order chi connectivity index (χ1) is 11.5. The molecule has 0 bridgehead atoms. The molecule has 1 atom stereocenters. The molecule has 0 aliphatic carbocycles. The Labute approximate surface area is 149 Å². The second-order valence-electron chi connectivity index (χ2n) is 5.29. The maximum absolute atomic E-state index is 12.1. The summed E-state index contributed by atoms with van der Waals surface area (Å²) in [5, 5.41) is 12.2. The van der Waals surface area contributed by atoms with E-state index in [-0.39, 0.29) is 12.3 Å². The summed E-state index contributed by atoms with van der Waals surface area (Å²) >= 11 is 2.92. The number of aliphatic hydroxyl groups excluding tert-OH is 1. The number of aliphatic hydroxyl groups is 1. The number of sulfonamides is 1. The molecule has 2 aromatic heterocycles. The van der Waals surface area contributed by atoms with Gasteiger partial charge in [0.2, 0.25) is 10.0 Å². The van der Waals surface area contributed by atoms with Crippen LogP contribution in [0.25, 0.3) is 0 Å². The molecular weight excluding hydrogens is 362 g/mol. The van der Waals surface area contributed by atoms with Crippen molar-refractivity contribution in [1.82, 2.24) is 4.72 Å². The number of nitrogens with one attached hydrogen (secondary N) is 1. The molecule has 24 heavy (non-hydrogen) atoms. The van der Waals surface area contributed by atoms with Gasteiger partial charge < -0.3 is 5.11 Å². The summed E-state index contributed by atoms with van der Waals surface area (Å²) in [6, 6.07) is 16.6. The number of thiophene rings is 2. The van der Waals surface area contributed by atoms with Gasteiger partial charge in [-0.2, -0.15) is 0 Å². The Morgan fingerprint density at radius 2 is 1.79 bits per heavy atom. The molecule has 0 aliphatic heterocycles. The van der Waals surface area contributed by atoms with Gasteiger partial charge in [-0.05, 0) is 29.1 Å². The van der Waals surface area contributed by atoms with E-state index in [0.29, 0.717) is 0 Å². The van der Waals surface area contributed by atoms with Crippen LogP contribution in [0.5, 0.6) is 0 Å². The van der Waals surface area contributed by atoms with Crippen LogP contribution >= 0.6 is 22.7 Å². The molecule has 0 saturated carbocycles. The lowest BCUT2D eigenvalue weighted by Gasteiger charge is -2.06. The lowest BCUT2D eigenvalue weighted by Crippen LogP contribution is -2.24. The van der Waals surface area contributed by atoms with Crippen LogP contribution < -0.4 is 4.72 Å². The van der Waals surface area contributed by atoms with Gasteiger partial charge in [0.15, 0.2) is 0 Å². The summed E-state index contributed by atoms with van der Waals surface area (Å²) in [6.07, 6.45) is -0.648. The van der Waals surface area contributed by atoms with Crippen LogP contribution in [0, 0.1) is 0 Å². The van der Waals surface area contributed by atoms with Gasteiger partial charge in [-0.3, -0.25) is 0 Å². The molecule has 3 aromatic rings. The highest BCUT2D eigenvalue weighted by molar-refractivity contribution is 7.88. The number of hydrogen-bond acceptors (Lipinski definition) is 5. The molecule has 0 spiro atoms. The molecule has 0 amide bonds. The van der Waals surface area contributed by atoms with E-state index in [2.05, 4.69) is 4.72 Å². The minimum atomic E-state index is -3.39. The van der Waals surface area contributed by atoms with Crippen LogP contribution in [0.3, 0.4) is 0 Å². The van der Waals surface area contributed by atoms with E-state index in [1.807, 2.05) is 47.8 Å². The molecule has 3 rings (SSSR count). The van der Waals surface area contributed by atoms with Crippen molar-refractivity contribution in [3.8, 4) is 0 Å². The summed E-state index contributed by atoms with van der Waals surface area (Å²) in [7, 11) is -3.39. The highest BCUT2D eigenvalue weighted by atomic mass is 32.2. The first-order valence-electron chi connectivity index (χ1n) is 7.35. The lowest BCUT2D eigenvalue weighted by atomic mass is 10.2. The summed E-state index contributed by atoms with van der Waals surface area (Å²) in [6.45, 7) is 0.233. The van der Waals surface area contributed by atoms with Gasteiger partial charge in [-0.25, -0.2) is 13.1 Å². The molecule has 0 saturated heterocycles. The van der Waals surface area contributed by atoms with Crippen molar-refractivity contribution in [1.29, 1.82) is 0 Å². The molecule has 1 aromatic carbocycles. The molecule has 2 N–H and O–H groups in total. The second-order valence-corrected chi connectivity index (χ2v) is 9.27. The first-order valence-corrected chi connectivity index (χ1v) is 10.7. The minimum Gasteiger partial charge on any atom is -0.382 e. The largest absolute Gasteiger partial charge is 0.382 e. The Hall–Kier alpha value is -1.51. The summed E-state index contributed by atoms with van der Waals surface area (Å²) in [5.74, 6) is -0.0378. The van der Waals surface area contributed by atoms with Gasteiger partial charge in [0.05, 0.1) is 5.75 Å². The third kappa shape index (κ3) is 4.52. The standard InChI is InChI=1S/C17H17NO3S3/c19-17(15-7-4-10-22-15)16-9-8-14(23-16)11-18-24(20,21)12-13-5-2-1-3-6-13/h1-10,17-19H,11-12H2. The van der Waals surface area contributed by atoms with Gasteiger partial charge in [0.1, 0.15) is 6.10 Å². The zero-order chi connectivity index (χ0) is 17.0. The van der Waals surface area contributed by atoms with Crippen LogP contribution in [0.1, 0.15) is 26.3 Å². The topological polar surface area (TPSA) is 66.4 Å². The predicted octanol–water partition coefficient (Wildman–Crippen LogP) is 3.51. The zero-order valence-electron chi connectivity index (χ0n) is 12.8. The van der Waals surface area contributed by atoms with E-state index in [9.17, 15) is 13.5 Å². The number of hydrogen-bond donors (Lipinski definition) is 2. The predicted molar refractivity (Wildman–Crippen MR) is 98.6 cm³/mol. The smallest absolute Gasteiger partial charge is 0.216 e. The monoisotopic (exact) mass is 379 g/mol. The van der Waals surface area contributed by atoms with E-state index in [4.69, 9.17) is 0 Å². The van der Waals surface area contributed by atoms with Crippen LogP contribution in [0.15, 0.2) is 60.0 Å². The van der Waals surface area contributed by atoms with Gasteiger partial charge in [-0.15, -0.1) is 22.7 Å². The highest BCUT2D eigenvalue weighted by Crippen LogP contribution is 2.30. The molecule has 4 nitrogen and oxygen atoms in total. The third-order valence-corrected chi connectivity index (χ3v) is 6.79. The molecule has 126 valence electrons. The third-order valence-electron chi connectivity index (χ3n) is 3.43. The second kappa shape index (κ2) is 7.58. The van der Waals surface area contributed by atoms with Crippen LogP contribution in [-0.2, 0) is 22.3 Å². The van der Waals surface area contributed by atoms with E-state index in [0.717, 1.165) is 20.2 Å². The average molecular weight is 380 g/mol. The highest BCUT2D eigenvalue weighted by Gasteiger charge is 2.15. The molecule has 0 fully saturated rings. The van der Waals surface area contributed by atoms with Crippen molar-refractivity contribution in [2.24, 2.45) is 0 Å². The summed E-state index contributed by atoms with van der Waals surface area (Å²) in [4.78, 5) is 2.57. The van der Waals surface area contributed by atoms with Gasteiger partial charge in [-0.1, -0.05) is 36.4 Å². The molecule has 7 heteroatoms. The Kier molecular flexibility index (Phi) is 5.47. The van der Waals surface area contributed by atoms with E-state index in [1.165, 1.54) is 22.7 Å². The maximum Gasteiger partial charge on any atom is 0.216 e.